The molecular formula is C11H16N2O. The van der Waals surface area contributed by atoms with Crippen LogP contribution in [0.25, 0.3) is 0 Å². The lowest BCUT2D eigenvalue weighted by Crippen LogP contribution is -2.18. The van der Waals surface area contributed by atoms with Crippen molar-refractivity contribution in [2.75, 3.05) is 6.61 Å². The Morgan fingerprint density at radius 2 is 2.07 bits per heavy atom. The molecule has 0 bridgehead atoms. The van der Waals surface area contributed by atoms with Crippen LogP contribution < -0.4 is 0 Å². The molecule has 1 aliphatic heterocycles. The summed E-state index contributed by atoms with van der Waals surface area (Å²) in [7, 11) is 0. The molecule has 3 rings (SSSR count). The summed E-state index contributed by atoms with van der Waals surface area (Å²) in [5.41, 5.74) is 0. The quantitative estimate of drug-likeness (QED) is 0.729. The van der Waals surface area contributed by atoms with Gasteiger partial charge in [-0.3, -0.25) is 0 Å². The van der Waals surface area contributed by atoms with Crippen LogP contribution in [0.5, 0.6) is 0 Å². The number of imidazole rings is 1. The molecule has 0 spiro atoms. The van der Waals surface area contributed by atoms with Gasteiger partial charge in [-0.05, 0) is 31.6 Å². The van der Waals surface area contributed by atoms with Crippen molar-refractivity contribution in [2.45, 2.75) is 37.7 Å². The largest absolute Gasteiger partial charge is 0.373 e. The van der Waals surface area contributed by atoms with Gasteiger partial charge in [-0.15, -0.1) is 0 Å². The number of hydrogen-bond acceptors (Lipinski definition) is 2. The van der Waals surface area contributed by atoms with E-state index in [0.717, 1.165) is 12.5 Å². The number of aromatic amines is 1. The van der Waals surface area contributed by atoms with E-state index in [1.54, 1.807) is 0 Å². The van der Waals surface area contributed by atoms with Crippen molar-refractivity contribution < 1.29 is 4.74 Å². The lowest BCUT2D eigenvalue weighted by molar-refractivity contribution is 0.249. The van der Waals surface area contributed by atoms with E-state index >= 15 is 0 Å². The molecule has 1 aliphatic carbocycles. The number of hydrogen-bond donors (Lipinski definition) is 1. The van der Waals surface area contributed by atoms with E-state index in [9.17, 15) is 0 Å². The van der Waals surface area contributed by atoms with E-state index in [1.165, 1.54) is 31.5 Å². The molecule has 14 heavy (non-hydrogen) atoms. The molecule has 2 heterocycles. The molecule has 1 unspecified atom stereocenters. The Morgan fingerprint density at radius 1 is 1.29 bits per heavy atom. The summed E-state index contributed by atoms with van der Waals surface area (Å²) in [6.07, 6.45) is 9.56. The Morgan fingerprint density at radius 3 is 2.64 bits per heavy atom. The fraction of sp³-hybridized carbons (Fsp3) is 0.727. The molecule has 2 aliphatic rings. The van der Waals surface area contributed by atoms with Crippen molar-refractivity contribution in [2.24, 2.45) is 5.92 Å². The number of H-pyrrole nitrogens is 1. The molecular weight excluding hydrogens is 176 g/mol. The molecule has 3 heteroatoms. The Balaban J connectivity index is 1.59. The predicted octanol–water partition coefficient (Wildman–Crippen LogP) is 2.08. The number of aromatic nitrogens is 2. The fourth-order valence-corrected chi connectivity index (χ4v) is 2.59. The van der Waals surface area contributed by atoms with Gasteiger partial charge in [-0.2, -0.15) is 0 Å². The Kier molecular flexibility index (Phi) is 2.05. The highest BCUT2D eigenvalue weighted by atomic mass is 16.6. The second-order valence-electron chi connectivity index (χ2n) is 4.46. The third-order valence-electron chi connectivity index (χ3n) is 3.56. The van der Waals surface area contributed by atoms with Crippen LogP contribution in [0.3, 0.4) is 0 Å². The second kappa shape index (κ2) is 3.39. The third-order valence-corrected chi connectivity index (χ3v) is 3.56. The van der Waals surface area contributed by atoms with Crippen molar-refractivity contribution in [3.05, 3.63) is 18.2 Å². The highest BCUT2D eigenvalue weighted by molar-refractivity contribution is 5.00. The van der Waals surface area contributed by atoms with Crippen molar-refractivity contribution >= 4 is 0 Å². The minimum Gasteiger partial charge on any atom is -0.373 e. The van der Waals surface area contributed by atoms with Crippen LogP contribution in [0.4, 0.5) is 0 Å². The van der Waals surface area contributed by atoms with Crippen molar-refractivity contribution in [3.8, 4) is 0 Å². The predicted molar refractivity (Wildman–Crippen MR) is 53.0 cm³/mol. The molecule has 76 valence electrons. The highest BCUT2D eigenvalue weighted by Gasteiger charge is 2.35. The molecule has 0 radical (unpaired) electrons. The molecule has 3 nitrogen and oxygen atoms in total. The smallest absolute Gasteiger partial charge is 0.109 e. The van der Waals surface area contributed by atoms with Crippen LogP contribution in [0, 0.1) is 5.92 Å². The van der Waals surface area contributed by atoms with Gasteiger partial charge in [0.1, 0.15) is 5.82 Å². The zero-order valence-electron chi connectivity index (χ0n) is 8.28. The van der Waals surface area contributed by atoms with Crippen LogP contribution in [0.1, 0.15) is 37.4 Å². The Hall–Kier alpha value is -0.830. The van der Waals surface area contributed by atoms with Gasteiger partial charge in [0.15, 0.2) is 0 Å². The molecule has 1 saturated carbocycles. The first-order valence-electron chi connectivity index (χ1n) is 5.54. The van der Waals surface area contributed by atoms with E-state index in [0.29, 0.717) is 12.0 Å². The minimum atomic E-state index is 0.604. The Bertz CT molecular complexity index is 284. The van der Waals surface area contributed by atoms with Crippen LogP contribution in [-0.4, -0.2) is 22.7 Å². The third kappa shape index (κ3) is 1.57. The van der Waals surface area contributed by atoms with E-state index in [2.05, 4.69) is 9.97 Å². The average Bonchev–Trinajstić information content (AvgIpc) is 2.94. The minimum absolute atomic E-state index is 0.604. The summed E-state index contributed by atoms with van der Waals surface area (Å²) in [5, 5.41) is 0. The average molecular weight is 192 g/mol. The summed E-state index contributed by atoms with van der Waals surface area (Å²) in [5.74, 6) is 2.68. The molecule has 2 fully saturated rings. The topological polar surface area (TPSA) is 41.2 Å². The first kappa shape index (κ1) is 8.48. The lowest BCUT2D eigenvalue weighted by Gasteiger charge is -2.26. The maximum Gasteiger partial charge on any atom is 0.109 e. The number of ether oxygens (including phenoxy) is 1. The highest BCUT2D eigenvalue weighted by Crippen LogP contribution is 2.39. The SMILES string of the molecule is c1c[nH]c(C2CCC(C3CO3)CC2)n1. The van der Waals surface area contributed by atoms with Crippen molar-refractivity contribution in [1.82, 2.24) is 9.97 Å². The summed E-state index contributed by atoms with van der Waals surface area (Å²) in [4.78, 5) is 7.56. The molecule has 1 aromatic heterocycles. The maximum atomic E-state index is 5.35. The van der Waals surface area contributed by atoms with Gasteiger partial charge in [0.2, 0.25) is 0 Å². The zero-order chi connectivity index (χ0) is 9.38. The first-order chi connectivity index (χ1) is 6.93. The number of nitrogens with one attached hydrogen (secondary N) is 1. The summed E-state index contributed by atoms with van der Waals surface area (Å²) in [6, 6.07) is 0. The van der Waals surface area contributed by atoms with Crippen LogP contribution in [0.15, 0.2) is 12.4 Å². The monoisotopic (exact) mass is 192 g/mol. The van der Waals surface area contributed by atoms with Crippen molar-refractivity contribution in [1.29, 1.82) is 0 Å². The molecule has 0 aromatic carbocycles. The van der Waals surface area contributed by atoms with Gasteiger partial charge in [0, 0.05) is 18.3 Å². The second-order valence-corrected chi connectivity index (χ2v) is 4.46. The van der Waals surface area contributed by atoms with Gasteiger partial charge in [-0.1, -0.05) is 0 Å². The van der Waals surface area contributed by atoms with E-state index in [-0.39, 0.29) is 0 Å². The van der Waals surface area contributed by atoms with Crippen LogP contribution in [0.2, 0.25) is 0 Å². The summed E-state index contributed by atoms with van der Waals surface area (Å²) >= 11 is 0. The summed E-state index contributed by atoms with van der Waals surface area (Å²) < 4.78 is 5.35. The number of rotatable bonds is 2. The molecule has 1 aromatic rings. The van der Waals surface area contributed by atoms with Gasteiger partial charge < -0.3 is 9.72 Å². The van der Waals surface area contributed by atoms with Crippen LogP contribution >= 0.6 is 0 Å². The van der Waals surface area contributed by atoms with Crippen molar-refractivity contribution in [3.63, 3.8) is 0 Å². The van der Waals surface area contributed by atoms with Gasteiger partial charge in [-0.25, -0.2) is 4.98 Å². The van der Waals surface area contributed by atoms with E-state index in [4.69, 9.17) is 4.74 Å². The maximum absolute atomic E-state index is 5.35. The summed E-state index contributed by atoms with van der Waals surface area (Å²) in [6.45, 7) is 1.01. The zero-order valence-corrected chi connectivity index (χ0v) is 8.28. The molecule has 1 atom stereocenters. The van der Waals surface area contributed by atoms with Gasteiger partial charge in [0.05, 0.1) is 12.7 Å². The fourth-order valence-electron chi connectivity index (χ4n) is 2.59. The van der Waals surface area contributed by atoms with Gasteiger partial charge >= 0.3 is 0 Å². The number of epoxide rings is 1. The van der Waals surface area contributed by atoms with E-state index < -0.39 is 0 Å². The normalized spacial score (nSPS) is 37.0. The Labute approximate surface area is 83.9 Å². The van der Waals surface area contributed by atoms with Crippen LogP contribution in [-0.2, 0) is 4.74 Å². The van der Waals surface area contributed by atoms with Gasteiger partial charge in [0.25, 0.3) is 0 Å². The number of nitrogens with zero attached hydrogens (tertiary/aromatic N) is 1. The molecule has 1 saturated heterocycles. The molecule has 1 N–H and O–H groups in total. The standard InChI is InChI=1S/C11H16N2O/c1-3-9(11-12-5-6-13-11)4-2-8(1)10-7-14-10/h5-6,8-10H,1-4,7H2,(H,12,13). The first-order valence-corrected chi connectivity index (χ1v) is 5.54. The van der Waals surface area contributed by atoms with E-state index in [1.807, 2.05) is 12.4 Å². The molecule has 0 amide bonds. The lowest BCUT2D eigenvalue weighted by atomic mass is 9.80.